The molecule has 1 unspecified atom stereocenters. The first-order valence-electron chi connectivity index (χ1n) is 6.07. The molecular weight excluding hydrogens is 285 g/mol. The van der Waals surface area contributed by atoms with Crippen LogP contribution >= 0.6 is 18.7 Å². The SMILES string of the molecule is CP(C)(=O)CC1CN(C(=O)CCl)c2ccccc2O1. The highest BCUT2D eigenvalue weighted by Gasteiger charge is 2.31. The van der Waals surface area contributed by atoms with Crippen LogP contribution in [-0.4, -0.2) is 43.9 Å². The number of ether oxygens (including phenoxy) is 1. The van der Waals surface area contributed by atoms with Gasteiger partial charge in [0.25, 0.3) is 0 Å². The van der Waals surface area contributed by atoms with Gasteiger partial charge in [0.05, 0.1) is 19.4 Å². The second kappa shape index (κ2) is 5.56. The van der Waals surface area contributed by atoms with Gasteiger partial charge in [0.15, 0.2) is 0 Å². The molecule has 1 amide bonds. The van der Waals surface area contributed by atoms with Crippen LogP contribution in [0.2, 0.25) is 0 Å². The van der Waals surface area contributed by atoms with E-state index in [0.717, 1.165) is 5.69 Å². The zero-order valence-corrected chi connectivity index (χ0v) is 12.7. The summed E-state index contributed by atoms with van der Waals surface area (Å²) < 4.78 is 17.8. The molecule has 0 fully saturated rings. The molecule has 6 heteroatoms. The molecule has 19 heavy (non-hydrogen) atoms. The first kappa shape index (κ1) is 14.4. The fourth-order valence-electron chi connectivity index (χ4n) is 2.19. The van der Waals surface area contributed by atoms with Crippen molar-refractivity contribution in [1.82, 2.24) is 0 Å². The van der Waals surface area contributed by atoms with Gasteiger partial charge in [-0.1, -0.05) is 12.1 Å². The summed E-state index contributed by atoms with van der Waals surface area (Å²) in [5.41, 5.74) is 0.728. The molecule has 0 spiro atoms. The largest absolute Gasteiger partial charge is 0.486 e. The summed E-state index contributed by atoms with van der Waals surface area (Å²) in [5.74, 6) is 0.409. The Kier molecular flexibility index (Phi) is 4.22. The number of alkyl halides is 1. The number of para-hydroxylation sites is 2. The van der Waals surface area contributed by atoms with Crippen LogP contribution in [0.3, 0.4) is 0 Å². The van der Waals surface area contributed by atoms with Gasteiger partial charge >= 0.3 is 0 Å². The number of halogens is 1. The van der Waals surface area contributed by atoms with E-state index in [-0.39, 0.29) is 17.9 Å². The third kappa shape index (κ3) is 3.52. The van der Waals surface area contributed by atoms with Gasteiger partial charge < -0.3 is 14.2 Å². The minimum atomic E-state index is -2.21. The Morgan fingerprint density at radius 3 is 2.79 bits per heavy atom. The third-order valence-electron chi connectivity index (χ3n) is 2.89. The second-order valence-corrected chi connectivity index (χ2v) is 8.88. The van der Waals surface area contributed by atoms with Crippen molar-refractivity contribution in [1.29, 1.82) is 0 Å². The van der Waals surface area contributed by atoms with Crippen molar-refractivity contribution in [2.24, 2.45) is 0 Å². The number of fused-ring (bicyclic) bond motifs is 1. The molecule has 0 bridgehead atoms. The highest BCUT2D eigenvalue weighted by Crippen LogP contribution is 2.40. The van der Waals surface area contributed by atoms with Crippen LogP contribution in [0.25, 0.3) is 0 Å². The van der Waals surface area contributed by atoms with Crippen molar-refractivity contribution < 1.29 is 14.1 Å². The van der Waals surface area contributed by atoms with Crippen molar-refractivity contribution in [3.8, 4) is 5.75 Å². The van der Waals surface area contributed by atoms with Crippen LogP contribution in [0.15, 0.2) is 24.3 Å². The Hall–Kier alpha value is -0.990. The molecule has 104 valence electrons. The van der Waals surface area contributed by atoms with Crippen molar-refractivity contribution in [2.75, 3.05) is 36.8 Å². The molecule has 0 saturated heterocycles. The molecule has 0 radical (unpaired) electrons. The van der Waals surface area contributed by atoms with E-state index in [2.05, 4.69) is 0 Å². The van der Waals surface area contributed by atoms with E-state index in [9.17, 15) is 9.36 Å². The minimum absolute atomic E-state index is 0.0725. The summed E-state index contributed by atoms with van der Waals surface area (Å²) in [7, 11) is -2.21. The number of hydrogen-bond donors (Lipinski definition) is 0. The maximum Gasteiger partial charge on any atom is 0.242 e. The third-order valence-corrected chi connectivity index (χ3v) is 4.41. The number of benzene rings is 1. The highest BCUT2D eigenvalue weighted by atomic mass is 35.5. The van der Waals surface area contributed by atoms with Gasteiger partial charge in [0, 0.05) is 6.16 Å². The fraction of sp³-hybridized carbons (Fsp3) is 0.462. The molecule has 0 aromatic heterocycles. The number of hydrogen-bond acceptors (Lipinski definition) is 3. The van der Waals surface area contributed by atoms with Gasteiger partial charge in [-0.3, -0.25) is 4.79 Å². The topological polar surface area (TPSA) is 46.6 Å². The molecule has 1 aliphatic rings. The van der Waals surface area contributed by atoms with E-state index < -0.39 is 7.14 Å². The van der Waals surface area contributed by atoms with Crippen molar-refractivity contribution in [2.45, 2.75) is 6.10 Å². The molecule has 1 atom stereocenters. The molecule has 0 saturated carbocycles. The van der Waals surface area contributed by atoms with Crippen LogP contribution in [-0.2, 0) is 9.36 Å². The van der Waals surface area contributed by atoms with Crippen LogP contribution in [0, 0.1) is 0 Å². The van der Waals surface area contributed by atoms with Crippen LogP contribution in [0.4, 0.5) is 5.69 Å². The Morgan fingerprint density at radius 2 is 2.16 bits per heavy atom. The molecule has 0 N–H and O–H groups in total. The molecule has 4 nitrogen and oxygen atoms in total. The summed E-state index contributed by atoms with van der Waals surface area (Å²) in [6.45, 7) is 3.85. The van der Waals surface area contributed by atoms with Gasteiger partial charge in [0.2, 0.25) is 5.91 Å². The summed E-state index contributed by atoms with van der Waals surface area (Å²) in [6, 6.07) is 7.34. The lowest BCUT2D eigenvalue weighted by Gasteiger charge is -2.35. The lowest BCUT2D eigenvalue weighted by Crippen LogP contribution is -2.45. The van der Waals surface area contributed by atoms with Gasteiger partial charge in [-0.05, 0) is 25.5 Å². The Balaban J connectivity index is 2.29. The van der Waals surface area contributed by atoms with E-state index in [4.69, 9.17) is 16.3 Å². The van der Waals surface area contributed by atoms with Crippen LogP contribution in [0.5, 0.6) is 5.75 Å². The van der Waals surface area contributed by atoms with Crippen LogP contribution in [0.1, 0.15) is 0 Å². The van der Waals surface area contributed by atoms with E-state index in [1.807, 2.05) is 24.3 Å². The van der Waals surface area contributed by atoms with Crippen molar-refractivity contribution in [3.63, 3.8) is 0 Å². The van der Waals surface area contributed by atoms with E-state index >= 15 is 0 Å². The maximum atomic E-state index is 11.9. The monoisotopic (exact) mass is 301 g/mol. The van der Waals surface area contributed by atoms with Crippen molar-refractivity contribution in [3.05, 3.63) is 24.3 Å². The lowest BCUT2D eigenvalue weighted by atomic mass is 10.2. The number of carbonyl (C=O) groups excluding carboxylic acids is 1. The number of amides is 1. The van der Waals surface area contributed by atoms with Gasteiger partial charge in [-0.25, -0.2) is 0 Å². The van der Waals surface area contributed by atoms with E-state index in [0.29, 0.717) is 18.5 Å². The Labute approximate surface area is 118 Å². The molecule has 1 aliphatic heterocycles. The normalized spacial score (nSPS) is 18.7. The zero-order chi connectivity index (χ0) is 14.0. The quantitative estimate of drug-likeness (QED) is 0.637. The number of nitrogens with zero attached hydrogens (tertiary/aromatic N) is 1. The Morgan fingerprint density at radius 1 is 1.47 bits per heavy atom. The highest BCUT2D eigenvalue weighted by molar-refractivity contribution is 7.62. The van der Waals surface area contributed by atoms with E-state index in [1.54, 1.807) is 18.2 Å². The number of rotatable bonds is 3. The smallest absolute Gasteiger partial charge is 0.242 e. The Bertz CT molecular complexity index is 528. The fourth-order valence-corrected chi connectivity index (χ4v) is 3.51. The first-order chi connectivity index (χ1) is 8.90. The molecule has 2 rings (SSSR count). The van der Waals surface area contributed by atoms with E-state index in [1.165, 1.54) is 0 Å². The molecule has 1 heterocycles. The van der Waals surface area contributed by atoms with Gasteiger partial charge in [-0.15, -0.1) is 11.6 Å². The zero-order valence-electron chi connectivity index (χ0n) is 11.0. The molecular formula is C13H17ClNO3P. The maximum absolute atomic E-state index is 11.9. The summed E-state index contributed by atoms with van der Waals surface area (Å²) >= 11 is 5.65. The number of anilines is 1. The minimum Gasteiger partial charge on any atom is -0.486 e. The second-order valence-electron chi connectivity index (χ2n) is 5.10. The summed E-state index contributed by atoms with van der Waals surface area (Å²) in [6.07, 6.45) is 0.204. The first-order valence-corrected chi connectivity index (χ1v) is 9.39. The molecule has 1 aromatic rings. The summed E-state index contributed by atoms with van der Waals surface area (Å²) in [4.78, 5) is 13.5. The predicted octanol–water partition coefficient (Wildman–Crippen LogP) is 2.64. The predicted molar refractivity (Wildman–Crippen MR) is 78.3 cm³/mol. The van der Waals surface area contributed by atoms with Crippen molar-refractivity contribution >= 4 is 30.3 Å². The number of carbonyl (C=O) groups is 1. The average Bonchev–Trinajstić information content (AvgIpc) is 2.35. The lowest BCUT2D eigenvalue weighted by molar-refractivity contribution is -0.116. The van der Waals surface area contributed by atoms with Gasteiger partial charge in [0.1, 0.15) is 17.7 Å². The molecule has 1 aromatic carbocycles. The van der Waals surface area contributed by atoms with Gasteiger partial charge in [-0.2, -0.15) is 0 Å². The van der Waals surface area contributed by atoms with Crippen LogP contribution < -0.4 is 9.64 Å². The summed E-state index contributed by atoms with van der Waals surface area (Å²) in [5, 5.41) is 0. The average molecular weight is 302 g/mol. The molecule has 0 aliphatic carbocycles. The standard InChI is InChI=1S/C13H17ClNO3P/c1-19(2,17)9-10-8-15(13(16)7-14)11-5-3-4-6-12(11)18-10/h3-6,10H,7-9H2,1-2H3.